The molecule has 2 N–H and O–H groups in total. The van der Waals surface area contributed by atoms with E-state index in [1.807, 2.05) is 0 Å². The Bertz CT molecular complexity index is 1250. The van der Waals surface area contributed by atoms with E-state index in [0.29, 0.717) is 16.1 Å². The van der Waals surface area contributed by atoms with Gasteiger partial charge in [0.1, 0.15) is 11.5 Å². The highest BCUT2D eigenvalue weighted by molar-refractivity contribution is 7.18. The molecule has 31 heavy (non-hydrogen) atoms. The minimum Gasteiger partial charge on any atom is -0.462 e. The lowest BCUT2D eigenvalue weighted by molar-refractivity contribution is -0.116. The first kappa shape index (κ1) is 22.4. The van der Waals surface area contributed by atoms with Gasteiger partial charge in [-0.05, 0) is 37.6 Å². The Hall–Kier alpha value is -3.24. The second-order valence-corrected chi connectivity index (χ2v) is 7.90. The molecule has 0 aliphatic carbocycles. The summed E-state index contributed by atoms with van der Waals surface area (Å²) in [5, 5.41) is 5.94. The van der Waals surface area contributed by atoms with Crippen LogP contribution in [0.3, 0.4) is 0 Å². The number of amides is 2. The van der Waals surface area contributed by atoms with Crippen LogP contribution in [0.5, 0.6) is 0 Å². The minimum absolute atomic E-state index is 0.106. The quantitative estimate of drug-likeness (QED) is 0.543. The first-order valence-corrected chi connectivity index (χ1v) is 10.4. The number of ether oxygens (including phenoxy) is 1. The van der Waals surface area contributed by atoms with Crippen molar-refractivity contribution < 1.29 is 19.1 Å². The third-order valence-corrected chi connectivity index (χ3v) is 5.85. The van der Waals surface area contributed by atoms with Crippen LogP contribution in [0, 0.1) is 6.92 Å². The van der Waals surface area contributed by atoms with Gasteiger partial charge < -0.3 is 15.4 Å². The van der Waals surface area contributed by atoms with Gasteiger partial charge in [0.15, 0.2) is 0 Å². The van der Waals surface area contributed by atoms with E-state index in [-0.39, 0.29) is 39.9 Å². The molecule has 2 aromatic heterocycles. The Balaban J connectivity index is 1.92. The maximum atomic E-state index is 12.7. The van der Waals surface area contributed by atoms with Crippen molar-refractivity contribution in [2.24, 2.45) is 0 Å². The molecule has 0 spiro atoms. The predicted molar refractivity (Wildman–Crippen MR) is 118 cm³/mol. The summed E-state index contributed by atoms with van der Waals surface area (Å²) in [6.07, 6.45) is 1.26. The molecule has 11 heteroatoms. The van der Waals surface area contributed by atoms with Gasteiger partial charge in [0, 0.05) is 12.1 Å². The second kappa shape index (κ2) is 9.27. The van der Waals surface area contributed by atoms with Crippen LogP contribution in [0.4, 0.5) is 5.00 Å². The molecular formula is C20H19ClN4O5S. The standard InChI is InChI=1S/C20H19ClN4O5S/c1-4-30-20(29)15-10(2)16(17(27)22-3)31-18(15)24-14(26)8-25-9-23-13-6-5-11(21)7-12(13)19(25)28/h5-7,9H,4,8H2,1-3H3,(H,22,27)(H,24,26). The summed E-state index contributed by atoms with van der Waals surface area (Å²) in [7, 11) is 1.47. The average Bonchev–Trinajstić information content (AvgIpc) is 3.05. The molecule has 162 valence electrons. The smallest absolute Gasteiger partial charge is 0.341 e. The van der Waals surface area contributed by atoms with Crippen LogP contribution >= 0.6 is 22.9 Å². The number of halogens is 1. The average molecular weight is 463 g/mol. The van der Waals surface area contributed by atoms with Crippen LogP contribution in [0.2, 0.25) is 5.02 Å². The number of anilines is 1. The van der Waals surface area contributed by atoms with Crippen molar-refractivity contribution in [1.82, 2.24) is 14.9 Å². The SMILES string of the molecule is CCOC(=O)c1c(NC(=O)Cn2cnc3ccc(Cl)cc3c2=O)sc(C(=O)NC)c1C. The topological polar surface area (TPSA) is 119 Å². The molecule has 3 rings (SSSR count). The van der Waals surface area contributed by atoms with Gasteiger partial charge in [-0.2, -0.15) is 0 Å². The molecule has 0 atom stereocenters. The lowest BCUT2D eigenvalue weighted by Gasteiger charge is -2.09. The van der Waals surface area contributed by atoms with Crippen molar-refractivity contribution in [3.8, 4) is 0 Å². The number of nitrogens with zero attached hydrogens (tertiary/aromatic N) is 2. The number of carbonyl (C=O) groups excluding carboxylic acids is 3. The van der Waals surface area contributed by atoms with Gasteiger partial charge in [-0.25, -0.2) is 9.78 Å². The number of nitrogens with one attached hydrogen (secondary N) is 2. The lowest BCUT2D eigenvalue weighted by atomic mass is 10.1. The zero-order chi connectivity index (χ0) is 22.7. The maximum Gasteiger partial charge on any atom is 0.341 e. The minimum atomic E-state index is -0.652. The number of hydrogen-bond donors (Lipinski definition) is 2. The third-order valence-electron chi connectivity index (χ3n) is 4.41. The van der Waals surface area contributed by atoms with Crippen molar-refractivity contribution in [3.05, 3.63) is 55.9 Å². The van der Waals surface area contributed by atoms with Crippen molar-refractivity contribution in [2.75, 3.05) is 19.0 Å². The predicted octanol–water partition coefficient (Wildman–Crippen LogP) is 2.59. The van der Waals surface area contributed by atoms with Gasteiger partial charge in [0.25, 0.3) is 11.5 Å². The van der Waals surface area contributed by atoms with E-state index >= 15 is 0 Å². The molecule has 0 radical (unpaired) electrons. The van der Waals surface area contributed by atoms with Gasteiger partial charge >= 0.3 is 5.97 Å². The zero-order valence-electron chi connectivity index (χ0n) is 16.9. The normalized spacial score (nSPS) is 10.7. The number of rotatable bonds is 6. The van der Waals surface area contributed by atoms with E-state index in [2.05, 4.69) is 15.6 Å². The van der Waals surface area contributed by atoms with E-state index in [1.54, 1.807) is 26.0 Å². The summed E-state index contributed by atoms with van der Waals surface area (Å²) < 4.78 is 6.20. The van der Waals surface area contributed by atoms with Gasteiger partial charge in [0.2, 0.25) is 5.91 Å². The Morgan fingerprint density at radius 1 is 1.29 bits per heavy atom. The molecular weight excluding hydrogens is 444 g/mol. The van der Waals surface area contributed by atoms with Crippen LogP contribution in [0.25, 0.3) is 10.9 Å². The molecule has 0 aliphatic heterocycles. The van der Waals surface area contributed by atoms with Crippen molar-refractivity contribution in [2.45, 2.75) is 20.4 Å². The number of carbonyl (C=O) groups is 3. The highest BCUT2D eigenvalue weighted by Crippen LogP contribution is 2.33. The van der Waals surface area contributed by atoms with E-state index in [0.717, 1.165) is 15.9 Å². The van der Waals surface area contributed by atoms with E-state index in [1.165, 1.54) is 19.4 Å². The number of hydrogen-bond acceptors (Lipinski definition) is 7. The molecule has 0 aliphatic rings. The van der Waals surface area contributed by atoms with Crippen LogP contribution < -0.4 is 16.2 Å². The lowest BCUT2D eigenvalue weighted by Crippen LogP contribution is -2.28. The van der Waals surface area contributed by atoms with Gasteiger partial charge in [-0.3, -0.25) is 19.0 Å². The summed E-state index contributed by atoms with van der Waals surface area (Å²) in [6.45, 7) is 3.05. The fraction of sp³-hybridized carbons (Fsp3) is 0.250. The molecule has 0 saturated heterocycles. The van der Waals surface area contributed by atoms with Gasteiger partial charge in [-0.15, -0.1) is 11.3 Å². The number of thiophene rings is 1. The number of esters is 1. The Kier molecular flexibility index (Phi) is 6.71. The maximum absolute atomic E-state index is 12.7. The van der Waals surface area contributed by atoms with Crippen LogP contribution in [-0.4, -0.2) is 41.0 Å². The van der Waals surface area contributed by atoms with Crippen molar-refractivity contribution >= 4 is 56.6 Å². The molecule has 2 heterocycles. The number of benzene rings is 1. The Labute approximate surface area is 186 Å². The number of fused-ring (bicyclic) bond motifs is 1. The summed E-state index contributed by atoms with van der Waals surface area (Å²) in [6, 6.07) is 4.72. The first-order valence-electron chi connectivity index (χ1n) is 9.24. The Morgan fingerprint density at radius 2 is 2.03 bits per heavy atom. The fourth-order valence-corrected chi connectivity index (χ4v) is 4.27. The molecule has 0 saturated carbocycles. The summed E-state index contributed by atoms with van der Waals surface area (Å²) in [4.78, 5) is 54.3. The monoisotopic (exact) mass is 462 g/mol. The summed E-state index contributed by atoms with van der Waals surface area (Å²) in [5.41, 5.74) is 0.535. The highest BCUT2D eigenvalue weighted by atomic mass is 35.5. The van der Waals surface area contributed by atoms with Crippen molar-refractivity contribution in [1.29, 1.82) is 0 Å². The Morgan fingerprint density at radius 3 is 2.71 bits per heavy atom. The van der Waals surface area contributed by atoms with Crippen LogP contribution in [0.1, 0.15) is 32.5 Å². The fourth-order valence-electron chi connectivity index (χ4n) is 2.95. The molecule has 3 aromatic rings. The molecule has 0 unspecified atom stereocenters. The van der Waals surface area contributed by atoms with Crippen LogP contribution in [-0.2, 0) is 16.1 Å². The van der Waals surface area contributed by atoms with E-state index in [9.17, 15) is 19.2 Å². The molecule has 0 bridgehead atoms. The zero-order valence-corrected chi connectivity index (χ0v) is 18.5. The summed E-state index contributed by atoms with van der Waals surface area (Å²) in [5.74, 6) is -1.61. The molecule has 0 fully saturated rings. The molecule has 2 amide bonds. The van der Waals surface area contributed by atoms with Crippen molar-refractivity contribution in [3.63, 3.8) is 0 Å². The first-order chi connectivity index (χ1) is 14.8. The van der Waals surface area contributed by atoms with E-state index < -0.39 is 17.4 Å². The highest BCUT2D eigenvalue weighted by Gasteiger charge is 2.26. The third kappa shape index (κ3) is 4.59. The van der Waals surface area contributed by atoms with E-state index in [4.69, 9.17) is 16.3 Å². The largest absolute Gasteiger partial charge is 0.462 e. The number of aromatic nitrogens is 2. The summed E-state index contributed by atoms with van der Waals surface area (Å²) >= 11 is 6.91. The van der Waals surface area contributed by atoms with Crippen LogP contribution in [0.15, 0.2) is 29.3 Å². The van der Waals surface area contributed by atoms with Gasteiger partial charge in [0.05, 0.1) is 34.3 Å². The molecule has 9 nitrogen and oxygen atoms in total. The van der Waals surface area contributed by atoms with Gasteiger partial charge in [-0.1, -0.05) is 11.6 Å². The molecule has 1 aromatic carbocycles. The second-order valence-electron chi connectivity index (χ2n) is 6.45.